The van der Waals surface area contributed by atoms with Gasteiger partial charge in [-0.2, -0.15) is 0 Å². The molecule has 0 unspecified atom stereocenters. The number of likely N-dealkylation sites (tertiary alicyclic amines) is 1. The summed E-state index contributed by atoms with van der Waals surface area (Å²) >= 11 is 0. The summed E-state index contributed by atoms with van der Waals surface area (Å²) in [5.41, 5.74) is 4.05. The van der Waals surface area contributed by atoms with Crippen LogP contribution in [-0.4, -0.2) is 35.6 Å². The number of hydrogen-bond donors (Lipinski definition) is 0. The van der Waals surface area contributed by atoms with Gasteiger partial charge in [0.15, 0.2) is 12.4 Å². The number of esters is 1. The van der Waals surface area contributed by atoms with Gasteiger partial charge in [-0.1, -0.05) is 72.8 Å². The Kier molecular flexibility index (Phi) is 7.43. The van der Waals surface area contributed by atoms with E-state index in [0.29, 0.717) is 12.4 Å². The zero-order valence-electron chi connectivity index (χ0n) is 20.4. The number of hydrogen-bond acceptors (Lipinski definition) is 6. The molecule has 0 saturated carbocycles. The molecule has 1 fully saturated rings. The molecule has 0 N–H and O–H groups in total. The van der Waals surface area contributed by atoms with Gasteiger partial charge in [-0.15, -0.1) is 0 Å². The normalized spacial score (nSPS) is 15.6. The molecule has 5 rings (SSSR count). The minimum absolute atomic E-state index is 0.0917. The summed E-state index contributed by atoms with van der Waals surface area (Å²) in [5.74, 6) is 1.85. The minimum atomic E-state index is -0.366. The lowest BCUT2D eigenvalue weighted by molar-refractivity contribution is -0.145. The zero-order valence-corrected chi connectivity index (χ0v) is 20.4. The van der Waals surface area contributed by atoms with Gasteiger partial charge in [-0.05, 0) is 44.0 Å². The molecule has 0 radical (unpaired) electrons. The van der Waals surface area contributed by atoms with Gasteiger partial charge >= 0.3 is 5.97 Å². The lowest BCUT2D eigenvalue weighted by Crippen LogP contribution is -2.23. The fourth-order valence-corrected chi connectivity index (χ4v) is 4.66. The van der Waals surface area contributed by atoms with Crippen molar-refractivity contribution in [2.45, 2.75) is 32.4 Å². The van der Waals surface area contributed by atoms with Crippen LogP contribution in [0.5, 0.6) is 5.75 Å². The summed E-state index contributed by atoms with van der Waals surface area (Å²) in [6, 6.07) is 28.3. The molecule has 2 heterocycles. The van der Waals surface area contributed by atoms with Crippen LogP contribution >= 0.6 is 0 Å². The molecule has 4 aromatic rings. The monoisotopic (exact) mass is 482 g/mol. The molecule has 3 aromatic carbocycles. The number of aromatic nitrogens is 1. The van der Waals surface area contributed by atoms with Crippen LogP contribution in [0.25, 0.3) is 22.6 Å². The van der Waals surface area contributed by atoms with Crippen LogP contribution in [0.3, 0.4) is 0 Å². The molecule has 0 amide bonds. The molecular formula is C30H30N2O4. The summed E-state index contributed by atoms with van der Waals surface area (Å²) < 4.78 is 17.1. The van der Waals surface area contributed by atoms with E-state index in [1.165, 1.54) is 0 Å². The van der Waals surface area contributed by atoms with Crippen molar-refractivity contribution in [3.8, 4) is 28.3 Å². The fraction of sp³-hybridized carbons (Fsp3) is 0.267. The smallest absolute Gasteiger partial charge is 0.344 e. The summed E-state index contributed by atoms with van der Waals surface area (Å²) in [6.07, 6.45) is 2.06. The minimum Gasteiger partial charge on any atom is -0.482 e. The molecule has 184 valence electrons. The van der Waals surface area contributed by atoms with Gasteiger partial charge in [0.05, 0.1) is 12.6 Å². The van der Waals surface area contributed by atoms with Crippen LogP contribution in [-0.2, 0) is 16.1 Å². The highest BCUT2D eigenvalue weighted by atomic mass is 16.6. The second-order valence-electron chi connectivity index (χ2n) is 8.83. The second-order valence-corrected chi connectivity index (χ2v) is 8.83. The van der Waals surface area contributed by atoms with Crippen LogP contribution in [0.15, 0.2) is 89.3 Å². The van der Waals surface area contributed by atoms with Crippen molar-refractivity contribution >= 4 is 5.97 Å². The van der Waals surface area contributed by atoms with Gasteiger partial charge in [-0.25, -0.2) is 9.78 Å². The quantitative estimate of drug-likeness (QED) is 0.261. The van der Waals surface area contributed by atoms with Gasteiger partial charge in [0.2, 0.25) is 5.89 Å². The first-order chi connectivity index (χ1) is 17.7. The van der Waals surface area contributed by atoms with Crippen molar-refractivity contribution in [3.05, 3.63) is 96.4 Å². The first kappa shape index (κ1) is 23.8. The third-order valence-electron chi connectivity index (χ3n) is 6.32. The molecule has 1 aliphatic rings. The van der Waals surface area contributed by atoms with Gasteiger partial charge < -0.3 is 13.9 Å². The van der Waals surface area contributed by atoms with Crippen LogP contribution in [0.4, 0.5) is 0 Å². The highest BCUT2D eigenvalue weighted by Crippen LogP contribution is 2.39. The molecule has 0 spiro atoms. The Morgan fingerprint density at radius 3 is 2.50 bits per heavy atom. The number of carbonyl (C=O) groups excluding carboxylic acids is 1. The molecule has 6 nitrogen and oxygen atoms in total. The molecule has 1 aromatic heterocycles. The number of nitrogens with zero attached hydrogens (tertiary/aromatic N) is 2. The van der Waals surface area contributed by atoms with Gasteiger partial charge in [0.25, 0.3) is 0 Å². The summed E-state index contributed by atoms with van der Waals surface area (Å²) in [4.78, 5) is 19.1. The fourth-order valence-electron chi connectivity index (χ4n) is 4.66. The van der Waals surface area contributed by atoms with Crippen molar-refractivity contribution in [1.29, 1.82) is 0 Å². The Morgan fingerprint density at radius 1 is 1.00 bits per heavy atom. The van der Waals surface area contributed by atoms with E-state index in [2.05, 4.69) is 35.2 Å². The first-order valence-electron chi connectivity index (χ1n) is 12.4. The van der Waals surface area contributed by atoms with Crippen molar-refractivity contribution in [1.82, 2.24) is 9.88 Å². The van der Waals surface area contributed by atoms with Crippen LogP contribution in [0.1, 0.15) is 37.3 Å². The number of carbonyl (C=O) groups is 1. The number of rotatable bonds is 9. The standard InChI is InChI=1S/C30H30N2O4/c1-2-34-27(33)21-35-25-16-9-11-22(19-25)20-32-18-10-17-26(32)30-31-28(23-12-5-3-6-13-23)29(36-30)24-14-7-4-8-15-24/h3-9,11-16,19,26H,2,10,17-18,20-21H2,1H3/t26-/m0/s1. The zero-order chi connectivity index (χ0) is 24.7. The van der Waals surface area contributed by atoms with Crippen LogP contribution in [0, 0.1) is 0 Å². The molecule has 1 aliphatic heterocycles. The van der Waals surface area contributed by atoms with Crippen molar-refractivity contribution in [3.63, 3.8) is 0 Å². The van der Waals surface area contributed by atoms with E-state index >= 15 is 0 Å². The molecular weight excluding hydrogens is 452 g/mol. The van der Waals surface area contributed by atoms with Gasteiger partial charge in [-0.3, -0.25) is 4.90 Å². The van der Waals surface area contributed by atoms with Crippen molar-refractivity contribution in [2.75, 3.05) is 19.8 Å². The molecule has 0 bridgehead atoms. The maximum absolute atomic E-state index is 11.6. The molecule has 0 aliphatic carbocycles. The Bertz CT molecular complexity index is 1230. The third kappa shape index (κ3) is 5.50. The van der Waals surface area contributed by atoms with E-state index in [0.717, 1.165) is 60.0 Å². The van der Waals surface area contributed by atoms with Crippen LogP contribution < -0.4 is 4.74 Å². The predicted molar refractivity (Wildman–Crippen MR) is 138 cm³/mol. The lowest BCUT2D eigenvalue weighted by atomic mass is 10.1. The molecule has 6 heteroatoms. The van der Waals surface area contributed by atoms with E-state index in [9.17, 15) is 4.79 Å². The Morgan fingerprint density at radius 2 is 1.75 bits per heavy atom. The summed E-state index contributed by atoms with van der Waals surface area (Å²) in [5, 5.41) is 0. The maximum Gasteiger partial charge on any atom is 0.344 e. The van der Waals surface area contributed by atoms with E-state index in [1.54, 1.807) is 6.92 Å². The number of benzene rings is 3. The summed E-state index contributed by atoms with van der Waals surface area (Å²) in [6.45, 7) is 3.74. The van der Waals surface area contributed by atoms with E-state index < -0.39 is 0 Å². The third-order valence-corrected chi connectivity index (χ3v) is 6.32. The highest BCUT2D eigenvalue weighted by molar-refractivity contribution is 5.76. The second kappa shape index (κ2) is 11.2. The predicted octanol–water partition coefficient (Wildman–Crippen LogP) is 6.29. The molecule has 36 heavy (non-hydrogen) atoms. The van der Waals surface area contributed by atoms with Crippen LogP contribution in [0.2, 0.25) is 0 Å². The Hall–Kier alpha value is -3.90. The number of ether oxygens (including phenoxy) is 2. The van der Waals surface area contributed by atoms with E-state index in [-0.39, 0.29) is 18.6 Å². The van der Waals surface area contributed by atoms with E-state index in [1.807, 2.05) is 54.6 Å². The topological polar surface area (TPSA) is 64.8 Å². The average molecular weight is 483 g/mol. The van der Waals surface area contributed by atoms with Crippen molar-refractivity contribution in [2.24, 2.45) is 0 Å². The maximum atomic E-state index is 11.6. The van der Waals surface area contributed by atoms with E-state index in [4.69, 9.17) is 18.9 Å². The largest absolute Gasteiger partial charge is 0.482 e. The van der Waals surface area contributed by atoms with Gasteiger partial charge in [0, 0.05) is 17.7 Å². The lowest BCUT2D eigenvalue weighted by Gasteiger charge is -2.22. The SMILES string of the molecule is CCOC(=O)COc1cccc(CN2CCC[C@H]2c2nc(-c3ccccc3)c(-c3ccccc3)o2)c1. The average Bonchev–Trinajstić information content (AvgIpc) is 3.56. The highest BCUT2D eigenvalue weighted by Gasteiger charge is 2.31. The number of oxazole rings is 1. The first-order valence-corrected chi connectivity index (χ1v) is 12.4. The Labute approximate surface area is 211 Å². The van der Waals surface area contributed by atoms with Gasteiger partial charge in [0.1, 0.15) is 11.4 Å². The molecule has 1 atom stereocenters. The Balaban J connectivity index is 1.37. The molecule has 1 saturated heterocycles. The summed E-state index contributed by atoms with van der Waals surface area (Å²) in [7, 11) is 0. The van der Waals surface area contributed by atoms with Crippen molar-refractivity contribution < 1.29 is 18.7 Å².